The van der Waals surface area contributed by atoms with Crippen LogP contribution in [0, 0.1) is 5.82 Å². The van der Waals surface area contributed by atoms with Crippen molar-refractivity contribution in [1.82, 2.24) is 10.2 Å². The van der Waals surface area contributed by atoms with Crippen molar-refractivity contribution in [2.75, 3.05) is 31.1 Å². The predicted molar refractivity (Wildman–Crippen MR) is 129 cm³/mol. The van der Waals surface area contributed by atoms with Gasteiger partial charge in [0, 0.05) is 38.3 Å². The molecule has 2 aliphatic rings. The van der Waals surface area contributed by atoms with Gasteiger partial charge in [0.05, 0.1) is 12.1 Å². The van der Waals surface area contributed by atoms with Crippen molar-refractivity contribution in [3.05, 3.63) is 60.4 Å². The minimum absolute atomic E-state index is 0.323. The number of nitrogens with zero attached hydrogens (tertiary/aromatic N) is 2. The van der Waals surface area contributed by atoms with Crippen molar-refractivity contribution in [3.63, 3.8) is 0 Å². The van der Waals surface area contributed by atoms with Crippen molar-refractivity contribution in [3.8, 4) is 5.75 Å². The van der Waals surface area contributed by atoms with Gasteiger partial charge in [-0.2, -0.15) is 0 Å². The second-order valence-electron chi connectivity index (χ2n) is 9.94. The molecule has 1 saturated carbocycles. The van der Waals surface area contributed by atoms with Crippen molar-refractivity contribution >= 4 is 11.8 Å². The van der Waals surface area contributed by atoms with E-state index in [9.17, 15) is 14.3 Å². The predicted octanol–water partition coefficient (Wildman–Crippen LogP) is 3.42. The van der Waals surface area contributed by atoms with Gasteiger partial charge >= 0.3 is 6.09 Å². The summed E-state index contributed by atoms with van der Waals surface area (Å²) < 4.78 is 24.8. The second-order valence-corrected chi connectivity index (χ2v) is 9.94. The van der Waals surface area contributed by atoms with Crippen molar-refractivity contribution < 1.29 is 23.8 Å². The minimum Gasteiger partial charge on any atom is -0.488 e. The van der Waals surface area contributed by atoms with E-state index in [1.807, 2.05) is 39.0 Å². The van der Waals surface area contributed by atoms with Gasteiger partial charge in [-0.25, -0.2) is 9.18 Å². The standard InChI is InChI=1S/C26H34FN3O4/c1-26(2,3)34-25(32)28-21-17-22(33-20-11-9-18(27)10-12-20)24(31)23(21)30-15-13-29(14-16-30)19-7-5-4-6-8-19/h4-12,21-24,31H,13-17H2,1-3H3,(H,28,32)/t21-,22-,23+,24+/m1/s1. The fourth-order valence-corrected chi connectivity index (χ4v) is 4.78. The van der Waals surface area contributed by atoms with Gasteiger partial charge in [0.25, 0.3) is 0 Å². The van der Waals surface area contributed by atoms with Gasteiger partial charge in [0.2, 0.25) is 0 Å². The molecule has 7 nitrogen and oxygen atoms in total. The molecule has 1 aliphatic carbocycles. The van der Waals surface area contributed by atoms with Crippen LogP contribution in [-0.2, 0) is 4.74 Å². The maximum Gasteiger partial charge on any atom is 0.407 e. The number of piperazine rings is 1. The Hall–Kier alpha value is -2.84. The highest BCUT2D eigenvalue weighted by atomic mass is 19.1. The molecule has 2 aromatic carbocycles. The Morgan fingerprint density at radius 2 is 1.68 bits per heavy atom. The molecule has 0 radical (unpaired) electrons. The molecule has 1 amide bonds. The molecule has 2 aromatic rings. The maximum atomic E-state index is 13.3. The number of ether oxygens (including phenoxy) is 2. The first-order chi connectivity index (χ1) is 16.2. The average Bonchev–Trinajstić information content (AvgIpc) is 3.09. The van der Waals surface area contributed by atoms with Crippen LogP contribution in [0.3, 0.4) is 0 Å². The molecule has 0 aromatic heterocycles. The molecule has 4 rings (SSSR count). The van der Waals surface area contributed by atoms with Gasteiger partial charge in [0.15, 0.2) is 0 Å². The third-order valence-electron chi connectivity index (χ3n) is 6.29. The zero-order valence-electron chi connectivity index (χ0n) is 20.0. The topological polar surface area (TPSA) is 74.3 Å². The second kappa shape index (κ2) is 10.2. The highest BCUT2D eigenvalue weighted by molar-refractivity contribution is 5.68. The Bertz CT molecular complexity index is 943. The van der Waals surface area contributed by atoms with E-state index in [1.165, 1.54) is 17.8 Å². The number of amides is 1. The van der Waals surface area contributed by atoms with Gasteiger partial charge in [-0.3, -0.25) is 4.90 Å². The highest BCUT2D eigenvalue weighted by Gasteiger charge is 2.48. The lowest BCUT2D eigenvalue weighted by Gasteiger charge is -2.42. The number of hydrogen-bond acceptors (Lipinski definition) is 6. The SMILES string of the molecule is CC(C)(C)OC(=O)N[C@@H]1C[C@@H](Oc2ccc(F)cc2)[C@H](O)[C@H]1N1CCN(c2ccccc2)CC1. The Kier molecular flexibility index (Phi) is 7.28. The molecule has 4 atom stereocenters. The Morgan fingerprint density at radius 1 is 1.03 bits per heavy atom. The monoisotopic (exact) mass is 471 g/mol. The van der Waals surface area contributed by atoms with E-state index in [-0.39, 0.29) is 17.9 Å². The number of nitrogens with one attached hydrogen (secondary N) is 1. The number of para-hydroxylation sites is 1. The van der Waals surface area contributed by atoms with Crippen molar-refractivity contribution in [1.29, 1.82) is 0 Å². The number of aliphatic hydroxyl groups excluding tert-OH is 1. The fraction of sp³-hybridized carbons (Fsp3) is 0.500. The van der Waals surface area contributed by atoms with Crippen LogP contribution in [0.4, 0.5) is 14.9 Å². The van der Waals surface area contributed by atoms with E-state index in [2.05, 4.69) is 27.2 Å². The molecule has 2 N–H and O–H groups in total. The highest BCUT2D eigenvalue weighted by Crippen LogP contribution is 2.31. The van der Waals surface area contributed by atoms with Crippen LogP contribution in [0.2, 0.25) is 0 Å². The molecule has 0 spiro atoms. The van der Waals surface area contributed by atoms with E-state index in [0.29, 0.717) is 12.2 Å². The first-order valence-corrected chi connectivity index (χ1v) is 11.8. The number of anilines is 1. The summed E-state index contributed by atoms with van der Waals surface area (Å²) in [6.45, 7) is 8.56. The lowest BCUT2D eigenvalue weighted by Crippen LogP contribution is -2.59. The number of benzene rings is 2. The maximum absolute atomic E-state index is 13.3. The molecular weight excluding hydrogens is 437 g/mol. The smallest absolute Gasteiger partial charge is 0.407 e. The Balaban J connectivity index is 1.47. The summed E-state index contributed by atoms with van der Waals surface area (Å²) in [7, 11) is 0. The van der Waals surface area contributed by atoms with E-state index in [4.69, 9.17) is 9.47 Å². The van der Waals surface area contributed by atoms with Gasteiger partial charge in [-0.05, 0) is 57.2 Å². The summed E-state index contributed by atoms with van der Waals surface area (Å²) >= 11 is 0. The summed E-state index contributed by atoms with van der Waals surface area (Å²) in [5.41, 5.74) is 0.553. The van der Waals surface area contributed by atoms with Crippen LogP contribution in [0.5, 0.6) is 5.75 Å². The van der Waals surface area contributed by atoms with Gasteiger partial charge in [-0.15, -0.1) is 0 Å². The third-order valence-corrected chi connectivity index (χ3v) is 6.29. The summed E-state index contributed by atoms with van der Waals surface area (Å²) in [5, 5.41) is 14.2. The lowest BCUT2D eigenvalue weighted by atomic mass is 10.1. The van der Waals surface area contributed by atoms with Crippen LogP contribution in [-0.4, -0.2) is 72.2 Å². The molecule has 34 heavy (non-hydrogen) atoms. The van der Waals surface area contributed by atoms with E-state index < -0.39 is 23.9 Å². The van der Waals surface area contributed by atoms with Crippen LogP contribution in [0.15, 0.2) is 54.6 Å². The fourth-order valence-electron chi connectivity index (χ4n) is 4.78. The number of hydrogen-bond donors (Lipinski definition) is 2. The van der Waals surface area contributed by atoms with E-state index in [1.54, 1.807) is 12.1 Å². The summed E-state index contributed by atoms with van der Waals surface area (Å²) in [4.78, 5) is 17.1. The number of rotatable bonds is 5. The zero-order chi connectivity index (χ0) is 24.3. The molecule has 8 heteroatoms. The van der Waals surface area contributed by atoms with Crippen molar-refractivity contribution in [2.24, 2.45) is 0 Å². The van der Waals surface area contributed by atoms with Gasteiger partial charge < -0.3 is 24.8 Å². The molecule has 2 fully saturated rings. The summed E-state index contributed by atoms with van der Waals surface area (Å²) in [6, 6.07) is 15.3. The zero-order valence-corrected chi connectivity index (χ0v) is 20.0. The molecule has 1 heterocycles. The van der Waals surface area contributed by atoms with Crippen LogP contribution >= 0.6 is 0 Å². The summed E-state index contributed by atoms with van der Waals surface area (Å²) in [6.07, 6.45) is -1.46. The van der Waals surface area contributed by atoms with Crippen LogP contribution in [0.25, 0.3) is 0 Å². The lowest BCUT2D eigenvalue weighted by molar-refractivity contribution is 0.00377. The largest absolute Gasteiger partial charge is 0.488 e. The number of halogens is 1. The molecule has 0 bridgehead atoms. The molecule has 1 aliphatic heterocycles. The van der Waals surface area contributed by atoms with Gasteiger partial charge in [0.1, 0.15) is 29.4 Å². The number of alkyl carbamates (subject to hydrolysis) is 1. The molecule has 184 valence electrons. The first kappa shape index (κ1) is 24.3. The molecule has 1 saturated heterocycles. The van der Waals surface area contributed by atoms with Gasteiger partial charge in [-0.1, -0.05) is 18.2 Å². The average molecular weight is 472 g/mol. The normalized spacial score (nSPS) is 25.7. The Morgan fingerprint density at radius 3 is 2.29 bits per heavy atom. The van der Waals surface area contributed by atoms with E-state index in [0.717, 1.165) is 26.2 Å². The van der Waals surface area contributed by atoms with Crippen LogP contribution < -0.4 is 15.0 Å². The van der Waals surface area contributed by atoms with Crippen LogP contribution in [0.1, 0.15) is 27.2 Å². The number of aliphatic hydroxyl groups is 1. The molecular formula is C26H34FN3O4. The number of carbonyl (C=O) groups excluding carboxylic acids is 1. The van der Waals surface area contributed by atoms with E-state index >= 15 is 0 Å². The summed E-state index contributed by atoms with van der Waals surface area (Å²) in [5.74, 6) is 0.133. The third kappa shape index (κ3) is 5.98. The first-order valence-electron chi connectivity index (χ1n) is 11.8. The van der Waals surface area contributed by atoms with Crippen molar-refractivity contribution in [2.45, 2.75) is 57.1 Å². The minimum atomic E-state index is -0.826. The molecule has 0 unspecified atom stereocenters. The number of carbonyl (C=O) groups is 1. The quantitative estimate of drug-likeness (QED) is 0.696. The Labute approximate surface area is 200 Å².